The van der Waals surface area contributed by atoms with Crippen molar-refractivity contribution in [1.82, 2.24) is 0 Å². The summed E-state index contributed by atoms with van der Waals surface area (Å²) in [5.41, 5.74) is 5.18. The number of amides is 1. The predicted octanol–water partition coefficient (Wildman–Crippen LogP) is 4.52. The van der Waals surface area contributed by atoms with Gasteiger partial charge in [0.1, 0.15) is 6.61 Å². The minimum atomic E-state index is -0.472. The van der Waals surface area contributed by atoms with E-state index < -0.39 is 6.09 Å². The van der Waals surface area contributed by atoms with E-state index in [4.69, 9.17) is 9.57 Å². The Kier molecular flexibility index (Phi) is 5.36. The van der Waals surface area contributed by atoms with Gasteiger partial charge in [-0.1, -0.05) is 35.9 Å². The molecular weight excluding hydrogens is 316 g/mol. The van der Waals surface area contributed by atoms with Gasteiger partial charge in [0.05, 0.1) is 18.8 Å². The van der Waals surface area contributed by atoms with Gasteiger partial charge in [-0.3, -0.25) is 10.2 Å². The van der Waals surface area contributed by atoms with Gasteiger partial charge in [0.2, 0.25) is 0 Å². The molecule has 1 heterocycles. The van der Waals surface area contributed by atoms with E-state index in [0.29, 0.717) is 12.3 Å². The van der Waals surface area contributed by atoms with Crippen LogP contribution in [-0.2, 0) is 16.2 Å². The van der Waals surface area contributed by atoms with Crippen LogP contribution in [0.3, 0.4) is 0 Å². The van der Waals surface area contributed by atoms with E-state index in [1.165, 1.54) is 11.1 Å². The minimum absolute atomic E-state index is 0.247. The molecular formula is C20H22N2O3. The molecule has 5 nitrogen and oxygen atoms in total. The van der Waals surface area contributed by atoms with E-state index in [-0.39, 0.29) is 6.61 Å². The van der Waals surface area contributed by atoms with Gasteiger partial charge in [-0.05, 0) is 49.2 Å². The van der Waals surface area contributed by atoms with Crippen molar-refractivity contribution in [3.63, 3.8) is 0 Å². The van der Waals surface area contributed by atoms with Gasteiger partial charge in [-0.25, -0.2) is 9.86 Å². The van der Waals surface area contributed by atoms with Gasteiger partial charge in [-0.15, -0.1) is 0 Å². The summed E-state index contributed by atoms with van der Waals surface area (Å²) in [5.74, 6) is 0. The Hall–Kier alpha value is -2.79. The lowest BCUT2D eigenvalue weighted by Gasteiger charge is -2.29. The van der Waals surface area contributed by atoms with E-state index in [2.05, 4.69) is 19.2 Å². The fourth-order valence-corrected chi connectivity index (χ4v) is 2.45. The first-order chi connectivity index (χ1) is 12.1. The molecule has 25 heavy (non-hydrogen) atoms. The largest absolute Gasteiger partial charge is 0.444 e. The summed E-state index contributed by atoms with van der Waals surface area (Å²) in [4.78, 5) is 17.6. The first kappa shape index (κ1) is 17.0. The summed E-state index contributed by atoms with van der Waals surface area (Å²) < 4.78 is 5.21. The molecule has 0 bridgehead atoms. The summed E-state index contributed by atoms with van der Waals surface area (Å²) in [6, 6.07) is 17.1. The number of nitrogens with zero attached hydrogens (tertiary/aromatic N) is 1. The summed E-state index contributed by atoms with van der Waals surface area (Å²) in [5, 5.41) is 4.59. The fraction of sp³-hybridized carbons (Fsp3) is 0.250. The minimum Gasteiger partial charge on any atom is -0.444 e. The lowest BCUT2D eigenvalue weighted by atomic mass is 10.1. The Labute approximate surface area is 147 Å². The van der Waals surface area contributed by atoms with Crippen LogP contribution in [0.15, 0.2) is 65.7 Å². The topological polar surface area (TPSA) is 50.8 Å². The normalized spacial score (nSPS) is 14.4. The second kappa shape index (κ2) is 7.85. The number of hydroxylamine groups is 1. The summed E-state index contributed by atoms with van der Waals surface area (Å²) >= 11 is 0. The van der Waals surface area contributed by atoms with E-state index in [0.717, 1.165) is 17.8 Å². The van der Waals surface area contributed by atoms with Crippen molar-refractivity contribution in [2.24, 2.45) is 0 Å². The zero-order valence-corrected chi connectivity index (χ0v) is 14.5. The van der Waals surface area contributed by atoms with E-state index in [9.17, 15) is 4.79 Å². The number of carbonyl (C=O) groups excluding carboxylic acids is 1. The number of hydrogen-bond acceptors (Lipinski definition) is 4. The Bertz CT molecular complexity index is 754. The fourth-order valence-electron chi connectivity index (χ4n) is 2.45. The molecule has 0 spiro atoms. The molecule has 0 saturated heterocycles. The van der Waals surface area contributed by atoms with E-state index in [1.54, 1.807) is 0 Å². The quantitative estimate of drug-likeness (QED) is 0.833. The first-order valence-corrected chi connectivity index (χ1v) is 8.25. The molecule has 0 radical (unpaired) electrons. The average molecular weight is 338 g/mol. The number of rotatable bonds is 4. The molecule has 3 rings (SSSR count). The molecule has 1 aliphatic rings. The highest BCUT2D eigenvalue weighted by atomic mass is 16.7. The molecule has 0 saturated carbocycles. The van der Waals surface area contributed by atoms with Crippen molar-refractivity contribution in [3.05, 3.63) is 71.3 Å². The van der Waals surface area contributed by atoms with E-state index in [1.807, 2.05) is 59.7 Å². The number of anilines is 2. The molecule has 1 aliphatic heterocycles. The Morgan fingerprint density at radius 1 is 1.08 bits per heavy atom. The number of benzene rings is 2. The van der Waals surface area contributed by atoms with Crippen molar-refractivity contribution >= 4 is 17.5 Å². The van der Waals surface area contributed by atoms with Crippen LogP contribution in [0.25, 0.3) is 0 Å². The highest BCUT2D eigenvalue weighted by molar-refractivity contribution is 5.84. The predicted molar refractivity (Wildman–Crippen MR) is 98.4 cm³/mol. The molecule has 130 valence electrons. The van der Waals surface area contributed by atoms with Crippen LogP contribution in [0.1, 0.15) is 19.4 Å². The Morgan fingerprint density at radius 2 is 1.80 bits per heavy atom. The molecule has 5 heteroatoms. The SMILES string of the molecule is CC1=C(C)CN(c2ccc(NC(=O)OCc3ccccc3)cc2)OC1. The van der Waals surface area contributed by atoms with Crippen molar-refractivity contribution in [2.45, 2.75) is 20.5 Å². The third kappa shape index (κ3) is 4.61. The maximum Gasteiger partial charge on any atom is 0.411 e. The van der Waals surface area contributed by atoms with Gasteiger partial charge in [-0.2, -0.15) is 0 Å². The molecule has 1 N–H and O–H groups in total. The zero-order chi connectivity index (χ0) is 17.6. The highest BCUT2D eigenvalue weighted by Crippen LogP contribution is 2.23. The van der Waals surface area contributed by atoms with Crippen molar-refractivity contribution in [1.29, 1.82) is 0 Å². The molecule has 2 aromatic rings. The van der Waals surface area contributed by atoms with Crippen LogP contribution in [0.5, 0.6) is 0 Å². The molecule has 2 aromatic carbocycles. The lowest BCUT2D eigenvalue weighted by molar-refractivity contribution is 0.122. The second-order valence-corrected chi connectivity index (χ2v) is 6.10. The average Bonchev–Trinajstić information content (AvgIpc) is 2.64. The molecule has 0 aromatic heterocycles. The van der Waals surface area contributed by atoms with Gasteiger partial charge in [0.15, 0.2) is 0 Å². The third-order valence-electron chi connectivity index (χ3n) is 4.16. The van der Waals surface area contributed by atoms with E-state index >= 15 is 0 Å². The summed E-state index contributed by atoms with van der Waals surface area (Å²) in [7, 11) is 0. The molecule has 0 unspecified atom stereocenters. The zero-order valence-electron chi connectivity index (χ0n) is 14.5. The number of carbonyl (C=O) groups is 1. The molecule has 1 amide bonds. The van der Waals surface area contributed by atoms with Crippen LogP contribution in [0, 0.1) is 0 Å². The Morgan fingerprint density at radius 3 is 2.48 bits per heavy atom. The number of nitrogens with one attached hydrogen (secondary N) is 1. The standard InChI is InChI=1S/C20H22N2O3/c1-15-12-22(25-13-16(15)2)19-10-8-18(9-11-19)21-20(23)24-14-17-6-4-3-5-7-17/h3-11H,12-14H2,1-2H3,(H,21,23). The van der Waals surface area contributed by atoms with Gasteiger partial charge in [0, 0.05) is 5.69 Å². The maximum atomic E-state index is 11.9. The van der Waals surface area contributed by atoms with Crippen LogP contribution >= 0.6 is 0 Å². The smallest absolute Gasteiger partial charge is 0.411 e. The molecule has 0 atom stereocenters. The van der Waals surface area contributed by atoms with Gasteiger partial charge < -0.3 is 4.74 Å². The summed E-state index contributed by atoms with van der Waals surface area (Å²) in [6.07, 6.45) is -0.472. The number of hydrogen-bond donors (Lipinski definition) is 1. The van der Waals surface area contributed by atoms with Crippen LogP contribution in [0.2, 0.25) is 0 Å². The third-order valence-corrected chi connectivity index (χ3v) is 4.16. The van der Waals surface area contributed by atoms with Crippen molar-refractivity contribution < 1.29 is 14.4 Å². The van der Waals surface area contributed by atoms with Crippen molar-refractivity contribution in [3.8, 4) is 0 Å². The van der Waals surface area contributed by atoms with Crippen LogP contribution < -0.4 is 10.4 Å². The molecule has 0 fully saturated rings. The maximum absolute atomic E-state index is 11.9. The Balaban J connectivity index is 1.53. The van der Waals surface area contributed by atoms with Crippen LogP contribution in [-0.4, -0.2) is 19.2 Å². The van der Waals surface area contributed by atoms with Crippen LogP contribution in [0.4, 0.5) is 16.2 Å². The van der Waals surface area contributed by atoms with Gasteiger partial charge >= 0.3 is 6.09 Å². The number of ether oxygens (including phenoxy) is 1. The molecule has 0 aliphatic carbocycles. The summed E-state index contributed by atoms with van der Waals surface area (Å²) in [6.45, 7) is 5.80. The van der Waals surface area contributed by atoms with Crippen molar-refractivity contribution in [2.75, 3.05) is 23.5 Å². The highest BCUT2D eigenvalue weighted by Gasteiger charge is 2.15. The second-order valence-electron chi connectivity index (χ2n) is 6.10. The first-order valence-electron chi connectivity index (χ1n) is 8.25. The van der Waals surface area contributed by atoms with Gasteiger partial charge in [0.25, 0.3) is 0 Å². The lowest BCUT2D eigenvalue weighted by Crippen LogP contribution is -2.31. The monoisotopic (exact) mass is 338 g/mol.